The van der Waals surface area contributed by atoms with Gasteiger partial charge in [-0.2, -0.15) is 0 Å². The van der Waals surface area contributed by atoms with Gasteiger partial charge < -0.3 is 19.9 Å². The van der Waals surface area contributed by atoms with E-state index in [0.717, 1.165) is 24.8 Å². The van der Waals surface area contributed by atoms with Gasteiger partial charge in [0.05, 0.1) is 6.54 Å². The van der Waals surface area contributed by atoms with Gasteiger partial charge in [-0.15, -0.1) is 24.0 Å². The van der Waals surface area contributed by atoms with Crippen LogP contribution in [0.15, 0.2) is 35.3 Å². The van der Waals surface area contributed by atoms with E-state index in [4.69, 9.17) is 4.74 Å². The molecule has 1 aliphatic heterocycles. The number of likely N-dealkylation sites (N-methyl/N-ethyl adjacent to an activating group) is 2. The molecule has 1 aliphatic rings. The molecule has 5 nitrogen and oxygen atoms in total. The lowest BCUT2D eigenvalue weighted by atomic mass is 10.2. The van der Waals surface area contributed by atoms with Gasteiger partial charge in [0.2, 0.25) is 0 Å². The molecule has 0 saturated carbocycles. The highest BCUT2D eigenvalue weighted by molar-refractivity contribution is 14.0. The van der Waals surface area contributed by atoms with E-state index in [1.54, 1.807) is 0 Å². The van der Waals surface area contributed by atoms with E-state index in [-0.39, 0.29) is 24.0 Å². The maximum absolute atomic E-state index is 5.73. The zero-order valence-corrected chi connectivity index (χ0v) is 16.7. The second-order valence-corrected chi connectivity index (χ2v) is 5.79. The minimum Gasteiger partial charge on any atom is -0.492 e. The van der Waals surface area contributed by atoms with Gasteiger partial charge in [0.15, 0.2) is 5.96 Å². The first-order chi connectivity index (χ1) is 10.7. The Kier molecular flexibility index (Phi) is 9.31. The Labute approximate surface area is 157 Å². The Morgan fingerprint density at radius 1 is 1.39 bits per heavy atom. The largest absolute Gasteiger partial charge is 0.492 e. The van der Waals surface area contributed by atoms with Gasteiger partial charge in [0.25, 0.3) is 0 Å². The molecule has 1 N–H and O–H groups in total. The van der Waals surface area contributed by atoms with Crippen LogP contribution in [0.3, 0.4) is 0 Å². The van der Waals surface area contributed by atoms with Crippen molar-refractivity contribution >= 4 is 29.9 Å². The number of hydrogen-bond acceptors (Lipinski definition) is 3. The molecule has 130 valence electrons. The molecule has 1 unspecified atom stereocenters. The van der Waals surface area contributed by atoms with Crippen molar-refractivity contribution in [2.75, 3.05) is 47.4 Å². The molecule has 2 rings (SSSR count). The molecule has 1 saturated heterocycles. The molecule has 0 aromatic heterocycles. The van der Waals surface area contributed by atoms with E-state index >= 15 is 0 Å². The van der Waals surface area contributed by atoms with E-state index in [0.29, 0.717) is 12.6 Å². The highest BCUT2D eigenvalue weighted by atomic mass is 127. The summed E-state index contributed by atoms with van der Waals surface area (Å²) in [4.78, 5) is 8.88. The molecule has 1 atom stereocenters. The smallest absolute Gasteiger partial charge is 0.193 e. The monoisotopic (exact) mass is 432 g/mol. The number of aliphatic imine (C=N–C) groups is 1. The Balaban J connectivity index is 0.00000264. The van der Waals surface area contributed by atoms with Gasteiger partial charge in [-0.05, 0) is 38.6 Å². The molecule has 0 amide bonds. The Bertz CT molecular complexity index is 469. The lowest BCUT2D eigenvalue weighted by Crippen LogP contribution is -2.45. The van der Waals surface area contributed by atoms with Crippen molar-refractivity contribution in [3.8, 4) is 5.75 Å². The summed E-state index contributed by atoms with van der Waals surface area (Å²) < 4.78 is 5.73. The molecule has 0 radical (unpaired) electrons. The number of guanidine groups is 1. The average molecular weight is 432 g/mol. The van der Waals surface area contributed by atoms with Gasteiger partial charge in [0.1, 0.15) is 12.4 Å². The van der Waals surface area contributed by atoms with E-state index in [1.165, 1.54) is 19.4 Å². The topological polar surface area (TPSA) is 40.1 Å². The number of rotatable bonds is 6. The summed E-state index contributed by atoms with van der Waals surface area (Å²) in [7, 11) is 6.07. The van der Waals surface area contributed by atoms with Crippen molar-refractivity contribution in [3.63, 3.8) is 0 Å². The zero-order chi connectivity index (χ0) is 15.8. The van der Waals surface area contributed by atoms with E-state index in [2.05, 4.69) is 27.2 Å². The number of para-hydroxylation sites is 1. The highest BCUT2D eigenvalue weighted by Gasteiger charge is 2.21. The summed E-state index contributed by atoms with van der Waals surface area (Å²) in [5.74, 6) is 1.84. The molecule has 0 bridgehead atoms. The summed E-state index contributed by atoms with van der Waals surface area (Å²) in [6.07, 6.45) is 2.56. The van der Waals surface area contributed by atoms with Crippen LogP contribution in [0, 0.1) is 0 Å². The van der Waals surface area contributed by atoms with Gasteiger partial charge in [0, 0.05) is 26.7 Å². The van der Waals surface area contributed by atoms with Crippen LogP contribution in [-0.2, 0) is 0 Å². The van der Waals surface area contributed by atoms with Crippen LogP contribution in [0.25, 0.3) is 0 Å². The summed E-state index contributed by atoms with van der Waals surface area (Å²) in [6.45, 7) is 3.60. The summed E-state index contributed by atoms with van der Waals surface area (Å²) >= 11 is 0. The lowest BCUT2D eigenvalue weighted by Gasteiger charge is -2.25. The minimum absolute atomic E-state index is 0. The number of hydrogen-bond donors (Lipinski definition) is 1. The SMILES string of the molecule is CN=C(NCC1CCCN1C)N(C)CCOc1ccccc1.I. The third-order valence-corrected chi connectivity index (χ3v) is 4.18. The zero-order valence-electron chi connectivity index (χ0n) is 14.4. The second-order valence-electron chi connectivity index (χ2n) is 5.79. The van der Waals surface area contributed by atoms with Crippen LogP contribution in [0.5, 0.6) is 5.75 Å². The predicted octanol–water partition coefficient (Wildman–Crippen LogP) is 2.28. The first kappa shape index (κ1) is 20.0. The average Bonchev–Trinajstić information content (AvgIpc) is 2.94. The molecule has 1 aromatic carbocycles. The fourth-order valence-electron chi connectivity index (χ4n) is 2.75. The van der Waals surface area contributed by atoms with Crippen LogP contribution in [0.1, 0.15) is 12.8 Å². The fraction of sp³-hybridized carbons (Fsp3) is 0.588. The number of benzene rings is 1. The molecule has 23 heavy (non-hydrogen) atoms. The maximum atomic E-state index is 5.73. The van der Waals surface area contributed by atoms with Gasteiger partial charge >= 0.3 is 0 Å². The number of ether oxygens (including phenoxy) is 1. The van der Waals surface area contributed by atoms with Crippen LogP contribution >= 0.6 is 24.0 Å². The van der Waals surface area contributed by atoms with Gasteiger partial charge in [-0.25, -0.2) is 0 Å². The van der Waals surface area contributed by atoms with Gasteiger partial charge in [-0.1, -0.05) is 18.2 Å². The van der Waals surface area contributed by atoms with Crippen molar-refractivity contribution in [1.29, 1.82) is 0 Å². The Morgan fingerprint density at radius 3 is 2.74 bits per heavy atom. The third-order valence-electron chi connectivity index (χ3n) is 4.18. The van der Waals surface area contributed by atoms with Gasteiger partial charge in [-0.3, -0.25) is 4.99 Å². The van der Waals surface area contributed by atoms with Crippen LogP contribution in [-0.4, -0.2) is 69.2 Å². The molecule has 1 fully saturated rings. The van der Waals surface area contributed by atoms with E-state index in [1.807, 2.05) is 44.4 Å². The first-order valence-corrected chi connectivity index (χ1v) is 8.00. The van der Waals surface area contributed by atoms with E-state index in [9.17, 15) is 0 Å². The Hall–Kier alpha value is -1.02. The standard InChI is InChI=1S/C17H28N4O.HI/c1-18-17(19-14-15-8-7-11-20(15)2)21(3)12-13-22-16-9-5-4-6-10-16;/h4-6,9-10,15H,7-8,11-14H2,1-3H3,(H,18,19);1H. The van der Waals surface area contributed by atoms with Crippen molar-refractivity contribution in [1.82, 2.24) is 15.1 Å². The summed E-state index contributed by atoms with van der Waals surface area (Å²) in [6, 6.07) is 10.5. The molecule has 6 heteroatoms. The molecule has 0 aliphatic carbocycles. The van der Waals surface area contributed by atoms with Crippen molar-refractivity contribution in [2.24, 2.45) is 4.99 Å². The van der Waals surface area contributed by atoms with Crippen LogP contribution in [0.4, 0.5) is 0 Å². The van der Waals surface area contributed by atoms with Crippen LogP contribution < -0.4 is 10.1 Å². The predicted molar refractivity (Wildman–Crippen MR) is 107 cm³/mol. The molecule has 0 spiro atoms. The van der Waals surface area contributed by atoms with Crippen molar-refractivity contribution in [2.45, 2.75) is 18.9 Å². The first-order valence-electron chi connectivity index (χ1n) is 8.00. The number of nitrogens with one attached hydrogen (secondary N) is 1. The Morgan fingerprint density at radius 2 is 2.13 bits per heavy atom. The second kappa shape index (κ2) is 10.7. The lowest BCUT2D eigenvalue weighted by molar-refractivity contribution is 0.277. The fourth-order valence-corrected chi connectivity index (χ4v) is 2.75. The number of nitrogens with zero attached hydrogens (tertiary/aromatic N) is 3. The van der Waals surface area contributed by atoms with Crippen molar-refractivity contribution < 1.29 is 4.74 Å². The highest BCUT2D eigenvalue weighted by Crippen LogP contribution is 2.13. The molecule has 1 aromatic rings. The molecular weight excluding hydrogens is 403 g/mol. The quantitative estimate of drug-likeness (QED) is 0.426. The molecular formula is C17H29IN4O. The summed E-state index contributed by atoms with van der Waals surface area (Å²) in [5, 5.41) is 3.47. The molecule has 1 heterocycles. The van der Waals surface area contributed by atoms with Crippen molar-refractivity contribution in [3.05, 3.63) is 30.3 Å². The van der Waals surface area contributed by atoms with E-state index < -0.39 is 0 Å². The normalized spacial score (nSPS) is 18.4. The minimum atomic E-state index is 0. The maximum Gasteiger partial charge on any atom is 0.193 e. The number of likely N-dealkylation sites (tertiary alicyclic amines) is 1. The third kappa shape index (κ3) is 6.55. The summed E-state index contributed by atoms with van der Waals surface area (Å²) in [5.41, 5.74) is 0. The number of halogens is 1. The van der Waals surface area contributed by atoms with Crippen LogP contribution in [0.2, 0.25) is 0 Å².